The van der Waals surface area contributed by atoms with Gasteiger partial charge in [-0.15, -0.1) is 0 Å². The van der Waals surface area contributed by atoms with Crippen molar-refractivity contribution >= 4 is 11.2 Å². The smallest absolute Gasteiger partial charge is 0.211 e. The van der Waals surface area contributed by atoms with E-state index >= 15 is 0 Å². The predicted octanol–water partition coefficient (Wildman–Crippen LogP) is 2.92. The fourth-order valence-corrected chi connectivity index (χ4v) is 2.14. The van der Waals surface area contributed by atoms with Crippen LogP contribution >= 0.6 is 0 Å². The summed E-state index contributed by atoms with van der Waals surface area (Å²) >= 11 is 0. The molecule has 0 aliphatic carbocycles. The second-order valence-corrected chi connectivity index (χ2v) is 4.50. The number of fused-ring (bicyclic) bond motifs is 1. The summed E-state index contributed by atoms with van der Waals surface area (Å²) in [6.45, 7) is 2.70. The highest BCUT2D eigenvalue weighted by Crippen LogP contribution is 2.25. The molecule has 1 N–H and O–H groups in total. The topological polar surface area (TPSA) is 51.0 Å². The van der Waals surface area contributed by atoms with Gasteiger partial charge in [-0.2, -0.15) is 4.98 Å². The molecule has 4 nitrogen and oxygen atoms in total. The number of hydrogen-bond acceptors (Lipinski definition) is 4. The van der Waals surface area contributed by atoms with Gasteiger partial charge >= 0.3 is 0 Å². The van der Waals surface area contributed by atoms with Crippen LogP contribution < -0.4 is 5.32 Å². The molecule has 3 rings (SSSR count). The van der Waals surface area contributed by atoms with Gasteiger partial charge in [0.2, 0.25) is 5.89 Å². The maximum absolute atomic E-state index is 5.67. The van der Waals surface area contributed by atoms with Gasteiger partial charge in [-0.05, 0) is 31.2 Å². The van der Waals surface area contributed by atoms with Crippen molar-refractivity contribution in [3.05, 3.63) is 48.0 Å². The monoisotopic (exact) mass is 253 g/mol. The van der Waals surface area contributed by atoms with Crippen LogP contribution in [0.15, 0.2) is 40.9 Å². The highest BCUT2D eigenvalue weighted by Gasteiger charge is 2.09. The molecule has 0 fully saturated rings. The minimum atomic E-state index is 0.607. The van der Waals surface area contributed by atoms with Crippen molar-refractivity contribution < 1.29 is 4.42 Å². The summed E-state index contributed by atoms with van der Waals surface area (Å²) in [5, 5.41) is 3.02. The Kier molecular flexibility index (Phi) is 3.01. The van der Waals surface area contributed by atoms with E-state index < -0.39 is 0 Å². The summed E-state index contributed by atoms with van der Waals surface area (Å²) < 4.78 is 5.67. The molecule has 3 aromatic rings. The summed E-state index contributed by atoms with van der Waals surface area (Å²) in [5.41, 5.74) is 4.83. The van der Waals surface area contributed by atoms with Crippen molar-refractivity contribution in [2.45, 2.75) is 13.5 Å². The van der Waals surface area contributed by atoms with Crippen molar-refractivity contribution in [3.8, 4) is 11.1 Å². The van der Waals surface area contributed by atoms with Crippen LogP contribution in [0.1, 0.15) is 11.5 Å². The van der Waals surface area contributed by atoms with E-state index in [0.717, 1.165) is 11.1 Å². The Morgan fingerprint density at radius 2 is 2.11 bits per heavy atom. The van der Waals surface area contributed by atoms with Crippen LogP contribution in [-0.4, -0.2) is 17.0 Å². The molecule has 0 spiro atoms. The fourth-order valence-electron chi connectivity index (χ4n) is 2.14. The zero-order valence-electron chi connectivity index (χ0n) is 11.0. The highest BCUT2D eigenvalue weighted by atomic mass is 16.3. The molecule has 0 aliphatic rings. The van der Waals surface area contributed by atoms with Crippen LogP contribution in [0, 0.1) is 6.92 Å². The minimum absolute atomic E-state index is 0.607. The van der Waals surface area contributed by atoms with Gasteiger partial charge in [0.1, 0.15) is 0 Å². The fraction of sp³-hybridized carbons (Fsp3) is 0.200. The summed E-state index contributed by atoms with van der Waals surface area (Å²) in [5.74, 6) is 0.659. The third-order valence-electron chi connectivity index (χ3n) is 3.08. The SMILES string of the molecule is CNCc1nc2ncc(-c3ccccc3C)cc2o1. The molecular weight excluding hydrogens is 238 g/mol. The van der Waals surface area contributed by atoms with Crippen molar-refractivity contribution in [1.29, 1.82) is 0 Å². The number of nitrogens with one attached hydrogen (secondary N) is 1. The average Bonchev–Trinajstić information content (AvgIpc) is 2.81. The van der Waals surface area contributed by atoms with E-state index in [1.54, 1.807) is 0 Å². The number of rotatable bonds is 3. The van der Waals surface area contributed by atoms with Crippen molar-refractivity contribution in [2.24, 2.45) is 0 Å². The Labute approximate surface area is 111 Å². The number of benzene rings is 1. The van der Waals surface area contributed by atoms with Gasteiger partial charge in [0, 0.05) is 11.8 Å². The van der Waals surface area contributed by atoms with Gasteiger partial charge in [-0.3, -0.25) is 0 Å². The van der Waals surface area contributed by atoms with E-state index in [4.69, 9.17) is 4.42 Å². The van der Waals surface area contributed by atoms with Gasteiger partial charge in [0.15, 0.2) is 11.2 Å². The van der Waals surface area contributed by atoms with E-state index in [0.29, 0.717) is 18.1 Å². The molecule has 96 valence electrons. The Morgan fingerprint density at radius 1 is 1.26 bits per heavy atom. The lowest BCUT2D eigenvalue weighted by Gasteiger charge is -2.04. The third kappa shape index (κ3) is 2.22. The number of pyridine rings is 1. The first-order valence-corrected chi connectivity index (χ1v) is 6.24. The molecule has 4 heteroatoms. The van der Waals surface area contributed by atoms with Gasteiger partial charge in [-0.1, -0.05) is 24.3 Å². The first kappa shape index (κ1) is 11.9. The molecule has 0 saturated heterocycles. The molecule has 19 heavy (non-hydrogen) atoms. The molecule has 0 bridgehead atoms. The number of nitrogens with zero attached hydrogens (tertiary/aromatic N) is 2. The Balaban J connectivity index is 2.08. The number of aromatic nitrogens is 2. The van der Waals surface area contributed by atoms with Crippen molar-refractivity contribution in [2.75, 3.05) is 7.05 Å². The Bertz CT molecular complexity index is 718. The van der Waals surface area contributed by atoms with Crippen molar-refractivity contribution in [3.63, 3.8) is 0 Å². The van der Waals surface area contributed by atoms with Crippen LogP contribution in [0.5, 0.6) is 0 Å². The molecule has 2 aromatic heterocycles. The van der Waals surface area contributed by atoms with Crippen LogP contribution in [0.25, 0.3) is 22.4 Å². The maximum Gasteiger partial charge on any atom is 0.211 e. The first-order chi connectivity index (χ1) is 9.28. The zero-order chi connectivity index (χ0) is 13.2. The highest BCUT2D eigenvalue weighted by molar-refractivity contribution is 5.77. The van der Waals surface area contributed by atoms with Crippen LogP contribution in [0.3, 0.4) is 0 Å². The largest absolute Gasteiger partial charge is 0.438 e. The second kappa shape index (κ2) is 4.82. The van der Waals surface area contributed by atoms with Crippen LogP contribution in [0.2, 0.25) is 0 Å². The first-order valence-electron chi connectivity index (χ1n) is 6.24. The molecule has 0 atom stereocenters. The van der Waals surface area contributed by atoms with Crippen molar-refractivity contribution in [1.82, 2.24) is 15.3 Å². The molecule has 0 amide bonds. The van der Waals surface area contributed by atoms with Gasteiger partial charge < -0.3 is 9.73 Å². The normalized spacial score (nSPS) is 11.1. The Morgan fingerprint density at radius 3 is 2.89 bits per heavy atom. The molecule has 0 radical (unpaired) electrons. The summed E-state index contributed by atoms with van der Waals surface area (Å²) in [6.07, 6.45) is 1.84. The summed E-state index contributed by atoms with van der Waals surface area (Å²) in [6, 6.07) is 10.2. The standard InChI is InChI=1S/C15H15N3O/c1-10-5-3-4-6-12(10)11-7-13-15(17-8-11)18-14(19-13)9-16-2/h3-8,16H,9H2,1-2H3. The lowest BCUT2D eigenvalue weighted by Crippen LogP contribution is -2.04. The average molecular weight is 253 g/mol. The zero-order valence-corrected chi connectivity index (χ0v) is 11.0. The number of aryl methyl sites for hydroxylation is 1. The number of oxazole rings is 1. The third-order valence-corrected chi connectivity index (χ3v) is 3.08. The molecule has 2 heterocycles. The molecule has 0 aliphatic heterocycles. The lowest BCUT2D eigenvalue weighted by molar-refractivity contribution is 0.511. The summed E-state index contributed by atoms with van der Waals surface area (Å²) in [7, 11) is 1.86. The van der Waals surface area contributed by atoms with E-state index in [2.05, 4.69) is 34.3 Å². The molecule has 1 aromatic carbocycles. The molecule has 0 unspecified atom stereocenters. The van der Waals surface area contributed by atoms with Gasteiger partial charge in [0.05, 0.1) is 6.54 Å². The van der Waals surface area contributed by atoms with E-state index in [9.17, 15) is 0 Å². The molecule has 0 saturated carbocycles. The van der Waals surface area contributed by atoms with E-state index in [-0.39, 0.29) is 0 Å². The predicted molar refractivity (Wildman–Crippen MR) is 74.7 cm³/mol. The lowest BCUT2D eigenvalue weighted by atomic mass is 10.0. The maximum atomic E-state index is 5.67. The Hall–Kier alpha value is -2.20. The second-order valence-electron chi connectivity index (χ2n) is 4.50. The summed E-state index contributed by atoms with van der Waals surface area (Å²) in [4.78, 5) is 8.69. The quantitative estimate of drug-likeness (QED) is 0.779. The number of hydrogen-bond donors (Lipinski definition) is 1. The van der Waals surface area contributed by atoms with Gasteiger partial charge in [0.25, 0.3) is 0 Å². The van der Waals surface area contributed by atoms with Crippen LogP contribution in [0.4, 0.5) is 0 Å². The van der Waals surface area contributed by atoms with E-state index in [1.807, 2.05) is 31.4 Å². The van der Waals surface area contributed by atoms with Gasteiger partial charge in [-0.25, -0.2) is 4.98 Å². The minimum Gasteiger partial charge on any atom is -0.438 e. The van der Waals surface area contributed by atoms with Crippen LogP contribution in [-0.2, 0) is 6.54 Å². The molecular formula is C15H15N3O. The van der Waals surface area contributed by atoms with E-state index in [1.165, 1.54) is 11.1 Å².